The number of carboxylic acids is 1. The second kappa shape index (κ2) is 14.6. The Balaban J connectivity index is 0.00000101. The third kappa shape index (κ3) is 10.0. The van der Waals surface area contributed by atoms with Gasteiger partial charge in [-0.15, -0.1) is 0 Å². The summed E-state index contributed by atoms with van der Waals surface area (Å²) in [6.45, 7) is 1.62. The Morgan fingerprint density at radius 3 is 2.10 bits per heavy atom. The minimum atomic E-state index is -4.67. The summed E-state index contributed by atoms with van der Waals surface area (Å²) in [5, 5.41) is 14.8. The van der Waals surface area contributed by atoms with Gasteiger partial charge >= 0.3 is 12.1 Å². The van der Waals surface area contributed by atoms with Crippen LogP contribution in [0.2, 0.25) is 0 Å². The SMILES string of the molecule is CS(N)(=O)=O.Cc1ccc2ccccc2c1C(=O)N(Cc1ccc(-c2cccc(S(=O)(=O)CC(=O)O)c2)cc1)Cc1ccc(C(F)(F)F)o1. The summed E-state index contributed by atoms with van der Waals surface area (Å²) in [5.74, 6) is -4.06. The lowest BCUT2D eigenvalue weighted by Gasteiger charge is -2.24. The van der Waals surface area contributed by atoms with Crippen molar-refractivity contribution in [2.24, 2.45) is 5.14 Å². The third-order valence-corrected chi connectivity index (χ3v) is 8.69. The van der Waals surface area contributed by atoms with Crippen molar-refractivity contribution in [1.82, 2.24) is 4.90 Å². The first-order valence-electron chi connectivity index (χ1n) is 14.4. The lowest BCUT2D eigenvalue weighted by Crippen LogP contribution is -2.30. The Bertz CT molecular complexity index is 2210. The number of primary sulfonamides is 1. The van der Waals surface area contributed by atoms with Crippen molar-refractivity contribution in [3.05, 3.63) is 125 Å². The first-order valence-corrected chi connectivity index (χ1v) is 18.0. The van der Waals surface area contributed by atoms with E-state index in [-0.39, 0.29) is 29.7 Å². The van der Waals surface area contributed by atoms with Gasteiger partial charge in [0, 0.05) is 6.54 Å². The summed E-state index contributed by atoms with van der Waals surface area (Å²) in [6, 6.07) is 25.9. The molecule has 1 heterocycles. The van der Waals surface area contributed by atoms with Crippen molar-refractivity contribution in [3.8, 4) is 11.1 Å². The average Bonchev–Trinajstić information content (AvgIpc) is 3.49. The zero-order chi connectivity index (χ0) is 36.1. The van der Waals surface area contributed by atoms with E-state index in [9.17, 15) is 39.6 Å². The molecule has 1 aromatic heterocycles. The lowest BCUT2D eigenvalue weighted by atomic mass is 9.98. The smallest absolute Gasteiger partial charge is 0.449 e. The summed E-state index contributed by atoms with van der Waals surface area (Å²) in [4.78, 5) is 26.3. The van der Waals surface area contributed by atoms with Gasteiger partial charge in [0.15, 0.2) is 15.6 Å². The van der Waals surface area contributed by atoms with Crippen LogP contribution in [0.15, 0.2) is 106 Å². The fourth-order valence-electron chi connectivity index (χ4n) is 4.96. The van der Waals surface area contributed by atoms with Gasteiger partial charge in [-0.05, 0) is 64.2 Å². The van der Waals surface area contributed by atoms with Crippen molar-refractivity contribution in [1.29, 1.82) is 0 Å². The van der Waals surface area contributed by atoms with E-state index in [1.807, 2.05) is 36.4 Å². The molecule has 0 aliphatic heterocycles. The predicted molar refractivity (Wildman–Crippen MR) is 177 cm³/mol. The molecule has 0 unspecified atom stereocenters. The Morgan fingerprint density at radius 2 is 1.49 bits per heavy atom. The number of alkyl halides is 3. The van der Waals surface area contributed by atoms with E-state index in [1.54, 1.807) is 37.3 Å². The van der Waals surface area contributed by atoms with Gasteiger partial charge < -0.3 is 14.4 Å². The Morgan fingerprint density at radius 1 is 0.837 bits per heavy atom. The number of benzene rings is 4. The number of hydrogen-bond acceptors (Lipinski definition) is 7. The molecule has 5 aromatic rings. The maximum atomic E-state index is 14.1. The molecule has 10 nitrogen and oxygen atoms in total. The molecule has 0 radical (unpaired) electrons. The molecule has 3 N–H and O–H groups in total. The molecule has 258 valence electrons. The van der Waals surface area contributed by atoms with Gasteiger partial charge in [0.1, 0.15) is 5.76 Å². The van der Waals surface area contributed by atoms with Crippen LogP contribution >= 0.6 is 0 Å². The van der Waals surface area contributed by atoms with Gasteiger partial charge in [-0.2, -0.15) is 13.2 Å². The Hall–Kier alpha value is -4.99. The number of carbonyl (C=O) groups is 2. The van der Waals surface area contributed by atoms with Crippen LogP contribution in [0.25, 0.3) is 21.9 Å². The highest BCUT2D eigenvalue weighted by molar-refractivity contribution is 7.92. The summed E-state index contributed by atoms with van der Waals surface area (Å²) < 4.78 is 88.4. The van der Waals surface area contributed by atoms with Crippen LogP contribution in [0.3, 0.4) is 0 Å². The molecule has 49 heavy (non-hydrogen) atoms. The van der Waals surface area contributed by atoms with Crippen LogP contribution < -0.4 is 5.14 Å². The van der Waals surface area contributed by atoms with Crippen molar-refractivity contribution >= 4 is 42.5 Å². The molecule has 0 bridgehead atoms. The third-order valence-electron chi connectivity index (χ3n) is 7.09. The zero-order valence-electron chi connectivity index (χ0n) is 26.1. The highest BCUT2D eigenvalue weighted by Crippen LogP contribution is 2.32. The average molecular weight is 717 g/mol. The normalized spacial score (nSPS) is 11.9. The minimum absolute atomic E-state index is 0.0282. The number of halogens is 3. The summed E-state index contributed by atoms with van der Waals surface area (Å²) >= 11 is 0. The first-order chi connectivity index (χ1) is 22.8. The molecule has 5 rings (SSSR count). The first kappa shape index (κ1) is 36.8. The van der Waals surface area contributed by atoms with Crippen LogP contribution in [-0.4, -0.2) is 50.7 Å². The molecule has 0 spiro atoms. The molecular formula is C34H31F3N2O8S2. The Kier molecular flexibility index (Phi) is 11.0. The zero-order valence-corrected chi connectivity index (χ0v) is 27.8. The number of hydrogen-bond donors (Lipinski definition) is 2. The molecule has 0 saturated heterocycles. The van der Waals surface area contributed by atoms with Crippen LogP contribution in [0, 0.1) is 6.92 Å². The largest absolute Gasteiger partial charge is 0.480 e. The number of fused-ring (bicyclic) bond motifs is 1. The fraction of sp³-hybridized carbons (Fsp3) is 0.176. The van der Waals surface area contributed by atoms with Crippen molar-refractivity contribution < 1.29 is 49.1 Å². The summed E-state index contributed by atoms with van der Waals surface area (Å²) in [6.07, 6.45) is -3.73. The van der Waals surface area contributed by atoms with Crippen LogP contribution in [0.4, 0.5) is 13.2 Å². The number of nitrogens with zero attached hydrogens (tertiary/aromatic N) is 1. The van der Waals surface area contributed by atoms with E-state index in [0.717, 1.165) is 17.7 Å². The molecule has 1 amide bonds. The number of aryl methyl sites for hydroxylation is 1. The number of sulfone groups is 1. The van der Waals surface area contributed by atoms with E-state index in [0.29, 0.717) is 33.2 Å². The standard InChI is InChI=1S/C33H26F3NO6S.CH5NO2S/c1-21-9-12-24-5-2-3-8-28(24)31(21)32(40)37(19-26-15-16-29(43-26)33(34,35)36)18-22-10-13-23(14-11-22)25-6-4-7-27(17-25)44(41,42)20-30(38)39;1-5(2,3)4/h2-17H,18-20H2,1H3,(H,38,39);1H3,(H2,2,3,4). The highest BCUT2D eigenvalue weighted by atomic mass is 32.2. The second-order valence-corrected chi connectivity index (χ2v) is 14.8. The number of carbonyl (C=O) groups excluding carboxylic acids is 1. The maximum Gasteiger partial charge on any atom is 0.449 e. The predicted octanol–water partition coefficient (Wildman–Crippen LogP) is 6.03. The molecule has 4 aromatic carbocycles. The molecule has 0 fully saturated rings. The molecule has 0 aliphatic carbocycles. The molecular weight excluding hydrogens is 686 g/mol. The fourth-order valence-corrected chi connectivity index (χ4v) is 6.05. The molecule has 0 atom stereocenters. The summed E-state index contributed by atoms with van der Waals surface area (Å²) in [7, 11) is -7.20. The van der Waals surface area contributed by atoms with E-state index in [4.69, 9.17) is 9.52 Å². The van der Waals surface area contributed by atoms with Gasteiger partial charge in [-0.25, -0.2) is 22.0 Å². The quantitative estimate of drug-likeness (QED) is 0.187. The number of furan rings is 1. The molecule has 15 heteroatoms. The van der Waals surface area contributed by atoms with Crippen molar-refractivity contribution in [2.75, 3.05) is 12.0 Å². The van der Waals surface area contributed by atoms with Crippen molar-refractivity contribution in [2.45, 2.75) is 31.1 Å². The van der Waals surface area contributed by atoms with Gasteiger partial charge in [0.25, 0.3) is 5.91 Å². The summed E-state index contributed by atoms with van der Waals surface area (Å²) in [5.41, 5.74) is 2.99. The van der Waals surface area contributed by atoms with E-state index < -0.39 is 43.5 Å². The monoisotopic (exact) mass is 716 g/mol. The van der Waals surface area contributed by atoms with Crippen LogP contribution in [0.1, 0.15) is 33.0 Å². The lowest BCUT2D eigenvalue weighted by molar-refractivity contribution is -0.153. The number of aliphatic carboxylic acids is 1. The molecule has 0 aliphatic rings. The number of carboxylic acid groups (broad SMARTS) is 1. The van der Waals surface area contributed by atoms with Crippen LogP contribution in [-0.2, 0) is 43.9 Å². The number of sulfonamides is 1. The van der Waals surface area contributed by atoms with E-state index >= 15 is 0 Å². The number of amides is 1. The van der Waals surface area contributed by atoms with Gasteiger partial charge in [-0.3, -0.25) is 9.59 Å². The van der Waals surface area contributed by atoms with E-state index in [2.05, 4.69) is 5.14 Å². The highest BCUT2D eigenvalue weighted by Gasteiger charge is 2.35. The molecule has 0 saturated carbocycles. The second-order valence-electron chi connectivity index (χ2n) is 11.1. The topological polar surface area (TPSA) is 165 Å². The van der Waals surface area contributed by atoms with Gasteiger partial charge in [0.2, 0.25) is 15.8 Å². The van der Waals surface area contributed by atoms with Gasteiger partial charge in [-0.1, -0.05) is 72.8 Å². The van der Waals surface area contributed by atoms with Gasteiger partial charge in [0.05, 0.1) is 23.3 Å². The maximum absolute atomic E-state index is 14.1. The minimum Gasteiger partial charge on any atom is -0.480 e. The van der Waals surface area contributed by atoms with Crippen LogP contribution in [0.5, 0.6) is 0 Å². The Labute approximate surface area is 280 Å². The number of nitrogens with two attached hydrogens (primary N) is 1. The number of rotatable bonds is 9. The van der Waals surface area contributed by atoms with Crippen molar-refractivity contribution in [3.63, 3.8) is 0 Å². The van der Waals surface area contributed by atoms with E-state index in [1.165, 1.54) is 29.2 Å².